The number of carbonyl (C=O) groups excluding carboxylic acids is 1. The maximum atomic E-state index is 12.9. The number of nitrogens with zero attached hydrogens (tertiary/aromatic N) is 2. The summed E-state index contributed by atoms with van der Waals surface area (Å²) in [4.78, 5) is 17.5. The lowest BCUT2D eigenvalue weighted by atomic mass is 9.95. The monoisotopic (exact) mass is 340 g/mol. The molecule has 0 unspecified atom stereocenters. The summed E-state index contributed by atoms with van der Waals surface area (Å²) in [5, 5.41) is 0. The Morgan fingerprint density at radius 3 is 2.44 bits per heavy atom. The van der Waals surface area contributed by atoms with Crippen LogP contribution >= 0.6 is 0 Å². The standard InChI is InChI=1S/C21H28N2O2/c1-16-19(18-5-3-2-4-6-18)20(16)21(24)23-9-7-17(8-10-23)15-22-11-13-25-14-12-22/h2-6,17,20H,7-15H2,1H3/t20-/m1/s1. The van der Waals surface area contributed by atoms with Crippen molar-refractivity contribution in [3.63, 3.8) is 0 Å². The highest BCUT2D eigenvalue weighted by atomic mass is 16.5. The highest BCUT2D eigenvalue weighted by Crippen LogP contribution is 2.47. The molecule has 0 bridgehead atoms. The molecule has 2 saturated heterocycles. The van der Waals surface area contributed by atoms with E-state index in [1.165, 1.54) is 23.3 Å². The Balaban J connectivity index is 1.28. The zero-order chi connectivity index (χ0) is 17.2. The molecule has 25 heavy (non-hydrogen) atoms. The summed E-state index contributed by atoms with van der Waals surface area (Å²) in [6.45, 7) is 8.96. The summed E-state index contributed by atoms with van der Waals surface area (Å²) in [5.41, 5.74) is 3.72. The number of likely N-dealkylation sites (tertiary alicyclic amines) is 1. The number of hydrogen-bond donors (Lipinski definition) is 0. The van der Waals surface area contributed by atoms with Gasteiger partial charge in [0.15, 0.2) is 0 Å². The van der Waals surface area contributed by atoms with Gasteiger partial charge in [-0.3, -0.25) is 9.69 Å². The van der Waals surface area contributed by atoms with Gasteiger partial charge in [0.05, 0.1) is 19.1 Å². The number of amides is 1. The predicted octanol–water partition coefficient (Wildman–Crippen LogP) is 2.66. The molecule has 0 spiro atoms. The van der Waals surface area contributed by atoms with E-state index in [9.17, 15) is 4.79 Å². The van der Waals surface area contributed by atoms with Crippen LogP contribution in [-0.2, 0) is 9.53 Å². The summed E-state index contributed by atoms with van der Waals surface area (Å²) >= 11 is 0. The molecule has 2 aliphatic heterocycles. The van der Waals surface area contributed by atoms with Crippen LogP contribution in [0.3, 0.4) is 0 Å². The Morgan fingerprint density at radius 2 is 1.76 bits per heavy atom. The number of rotatable bonds is 4. The maximum absolute atomic E-state index is 12.9. The lowest BCUT2D eigenvalue weighted by molar-refractivity contribution is -0.133. The highest BCUT2D eigenvalue weighted by molar-refractivity contribution is 6.05. The highest BCUT2D eigenvalue weighted by Gasteiger charge is 2.42. The van der Waals surface area contributed by atoms with Gasteiger partial charge >= 0.3 is 0 Å². The fourth-order valence-electron chi connectivity index (χ4n) is 4.32. The van der Waals surface area contributed by atoms with Crippen molar-refractivity contribution in [1.29, 1.82) is 0 Å². The molecule has 4 heteroatoms. The number of hydrogen-bond acceptors (Lipinski definition) is 3. The van der Waals surface area contributed by atoms with Crippen molar-refractivity contribution in [3.8, 4) is 0 Å². The molecule has 0 N–H and O–H groups in total. The minimum absolute atomic E-state index is 0.0400. The van der Waals surface area contributed by atoms with Crippen molar-refractivity contribution in [2.24, 2.45) is 11.8 Å². The van der Waals surface area contributed by atoms with Gasteiger partial charge in [0.2, 0.25) is 5.91 Å². The van der Waals surface area contributed by atoms with Crippen LogP contribution in [0.15, 0.2) is 35.9 Å². The summed E-state index contributed by atoms with van der Waals surface area (Å²) < 4.78 is 5.43. The molecule has 1 atom stereocenters. The molecule has 1 aliphatic carbocycles. The summed E-state index contributed by atoms with van der Waals surface area (Å²) in [5.74, 6) is 1.09. The molecule has 0 saturated carbocycles. The second-order valence-electron chi connectivity index (χ2n) is 7.58. The number of benzene rings is 1. The van der Waals surface area contributed by atoms with Crippen LogP contribution in [0.1, 0.15) is 25.3 Å². The van der Waals surface area contributed by atoms with Crippen LogP contribution in [0.25, 0.3) is 5.57 Å². The van der Waals surface area contributed by atoms with Crippen LogP contribution < -0.4 is 0 Å². The molecule has 2 heterocycles. The fourth-order valence-corrected chi connectivity index (χ4v) is 4.32. The van der Waals surface area contributed by atoms with E-state index in [0.717, 1.165) is 58.2 Å². The van der Waals surface area contributed by atoms with E-state index < -0.39 is 0 Å². The van der Waals surface area contributed by atoms with Gasteiger partial charge < -0.3 is 9.64 Å². The fraction of sp³-hybridized carbons (Fsp3) is 0.571. The van der Waals surface area contributed by atoms with E-state index in [1.807, 2.05) is 18.2 Å². The van der Waals surface area contributed by atoms with Crippen LogP contribution in [-0.4, -0.2) is 61.6 Å². The largest absolute Gasteiger partial charge is 0.379 e. The summed E-state index contributed by atoms with van der Waals surface area (Å²) in [7, 11) is 0. The second-order valence-corrected chi connectivity index (χ2v) is 7.58. The molecule has 1 amide bonds. The molecule has 0 aromatic heterocycles. The van der Waals surface area contributed by atoms with E-state index in [4.69, 9.17) is 4.74 Å². The third-order valence-corrected chi connectivity index (χ3v) is 5.94. The Morgan fingerprint density at radius 1 is 1.08 bits per heavy atom. The van der Waals surface area contributed by atoms with E-state index in [-0.39, 0.29) is 5.92 Å². The molecule has 4 rings (SSSR count). The maximum Gasteiger partial charge on any atom is 0.234 e. The quantitative estimate of drug-likeness (QED) is 0.845. The van der Waals surface area contributed by atoms with Gasteiger partial charge in [-0.2, -0.15) is 0 Å². The molecule has 4 nitrogen and oxygen atoms in total. The van der Waals surface area contributed by atoms with Crippen LogP contribution in [0.5, 0.6) is 0 Å². The van der Waals surface area contributed by atoms with Gasteiger partial charge in [-0.25, -0.2) is 0 Å². The number of ether oxygens (including phenoxy) is 1. The topological polar surface area (TPSA) is 32.8 Å². The molecule has 2 fully saturated rings. The molecular weight excluding hydrogens is 312 g/mol. The van der Waals surface area contributed by atoms with E-state index >= 15 is 0 Å². The number of morpholine rings is 1. The first-order valence-corrected chi connectivity index (χ1v) is 9.59. The summed E-state index contributed by atoms with van der Waals surface area (Å²) in [6.07, 6.45) is 2.27. The first-order valence-electron chi connectivity index (χ1n) is 9.59. The van der Waals surface area contributed by atoms with Gasteiger partial charge in [0.1, 0.15) is 0 Å². The zero-order valence-corrected chi connectivity index (χ0v) is 15.1. The van der Waals surface area contributed by atoms with E-state index in [0.29, 0.717) is 5.91 Å². The predicted molar refractivity (Wildman–Crippen MR) is 99.1 cm³/mol. The van der Waals surface area contributed by atoms with Crippen molar-refractivity contribution in [1.82, 2.24) is 9.80 Å². The SMILES string of the molecule is CC1=C(c2ccccc2)[C@@H]1C(=O)N1CCC(CN2CCOCC2)CC1. The average Bonchev–Trinajstić information content (AvgIpc) is 3.34. The van der Waals surface area contributed by atoms with Gasteiger partial charge in [0.25, 0.3) is 0 Å². The van der Waals surface area contributed by atoms with Gasteiger partial charge in [-0.15, -0.1) is 0 Å². The van der Waals surface area contributed by atoms with Crippen molar-refractivity contribution >= 4 is 11.5 Å². The van der Waals surface area contributed by atoms with Crippen molar-refractivity contribution in [3.05, 3.63) is 41.5 Å². The van der Waals surface area contributed by atoms with Gasteiger partial charge in [-0.05, 0) is 36.8 Å². The van der Waals surface area contributed by atoms with Crippen molar-refractivity contribution < 1.29 is 9.53 Å². The molecule has 3 aliphatic rings. The van der Waals surface area contributed by atoms with E-state index in [1.54, 1.807) is 0 Å². The first-order chi connectivity index (χ1) is 12.2. The van der Waals surface area contributed by atoms with Crippen molar-refractivity contribution in [2.45, 2.75) is 19.8 Å². The smallest absolute Gasteiger partial charge is 0.234 e. The normalized spacial score (nSPS) is 25.3. The number of carbonyl (C=O) groups is 1. The Labute approximate surface area is 150 Å². The molecular formula is C21H28N2O2. The molecule has 0 radical (unpaired) electrons. The lowest BCUT2D eigenvalue weighted by Crippen LogP contribution is -2.44. The zero-order valence-electron chi connectivity index (χ0n) is 15.1. The third-order valence-electron chi connectivity index (χ3n) is 5.94. The molecule has 1 aromatic rings. The van der Waals surface area contributed by atoms with Crippen molar-refractivity contribution in [2.75, 3.05) is 45.9 Å². The van der Waals surface area contributed by atoms with Crippen LogP contribution in [0, 0.1) is 11.8 Å². The van der Waals surface area contributed by atoms with Gasteiger partial charge in [0, 0.05) is 32.7 Å². The Bertz CT molecular complexity index is 641. The Hall–Kier alpha value is -1.65. The number of piperidine rings is 1. The third kappa shape index (κ3) is 3.65. The van der Waals surface area contributed by atoms with Crippen LogP contribution in [0.4, 0.5) is 0 Å². The van der Waals surface area contributed by atoms with Crippen LogP contribution in [0.2, 0.25) is 0 Å². The molecule has 134 valence electrons. The average molecular weight is 340 g/mol. The Kier molecular flexibility index (Phi) is 4.91. The minimum atomic E-state index is 0.0400. The lowest BCUT2D eigenvalue weighted by Gasteiger charge is -2.36. The first kappa shape index (κ1) is 16.8. The summed E-state index contributed by atoms with van der Waals surface area (Å²) in [6, 6.07) is 10.3. The minimum Gasteiger partial charge on any atom is -0.379 e. The van der Waals surface area contributed by atoms with E-state index in [2.05, 4.69) is 28.9 Å². The second kappa shape index (κ2) is 7.30. The van der Waals surface area contributed by atoms with Gasteiger partial charge in [-0.1, -0.05) is 35.9 Å². The molecule has 1 aromatic carbocycles.